The third-order valence-electron chi connectivity index (χ3n) is 4.37. The molecule has 2 N–H and O–H groups in total. The number of hydrogen-bond donors (Lipinski definition) is 1. The van der Waals surface area contributed by atoms with Gasteiger partial charge in [0.1, 0.15) is 0 Å². The quantitative estimate of drug-likeness (QED) is 0.793. The van der Waals surface area contributed by atoms with Crippen LogP contribution >= 0.6 is 0 Å². The van der Waals surface area contributed by atoms with Crippen LogP contribution in [0.1, 0.15) is 46.5 Å². The monoisotopic (exact) mass is 256 g/mol. The lowest BCUT2D eigenvalue weighted by Crippen LogP contribution is -2.45. The Morgan fingerprint density at radius 3 is 2.33 bits per heavy atom. The van der Waals surface area contributed by atoms with Crippen LogP contribution in [0.15, 0.2) is 0 Å². The molecule has 1 heterocycles. The van der Waals surface area contributed by atoms with Crippen LogP contribution in [-0.4, -0.2) is 44.3 Å². The number of likely N-dealkylation sites (tertiary alicyclic amines) is 1. The zero-order valence-electron chi connectivity index (χ0n) is 12.7. The summed E-state index contributed by atoms with van der Waals surface area (Å²) in [5.74, 6) is 0.867. The number of rotatable bonds is 6. The maximum Gasteiger partial charge on any atom is 0.0618 e. The smallest absolute Gasteiger partial charge is 0.0618 e. The van der Waals surface area contributed by atoms with Gasteiger partial charge in [0, 0.05) is 13.2 Å². The Morgan fingerprint density at radius 1 is 1.28 bits per heavy atom. The SMILES string of the molecule is COCC(CCCN)N1CCC(C(C)(C)C)CC1. The lowest BCUT2D eigenvalue weighted by atomic mass is 9.75. The fourth-order valence-electron chi connectivity index (χ4n) is 3.05. The molecule has 1 atom stereocenters. The Bertz CT molecular complexity index is 217. The van der Waals surface area contributed by atoms with Crippen molar-refractivity contribution < 1.29 is 4.74 Å². The number of hydrogen-bond acceptors (Lipinski definition) is 3. The molecular formula is C15H32N2O. The maximum absolute atomic E-state index is 5.62. The molecule has 0 radical (unpaired) electrons. The van der Waals surface area contributed by atoms with E-state index < -0.39 is 0 Å². The molecule has 0 aromatic heterocycles. The van der Waals surface area contributed by atoms with Crippen LogP contribution in [0.3, 0.4) is 0 Å². The number of nitrogens with zero attached hydrogens (tertiary/aromatic N) is 1. The van der Waals surface area contributed by atoms with Crippen LogP contribution in [0.5, 0.6) is 0 Å². The van der Waals surface area contributed by atoms with Gasteiger partial charge >= 0.3 is 0 Å². The highest BCUT2D eigenvalue weighted by atomic mass is 16.5. The molecule has 3 heteroatoms. The average molecular weight is 256 g/mol. The second-order valence-corrected chi connectivity index (χ2v) is 6.72. The van der Waals surface area contributed by atoms with Crippen molar-refractivity contribution in [3.05, 3.63) is 0 Å². The summed E-state index contributed by atoms with van der Waals surface area (Å²) in [4.78, 5) is 2.61. The topological polar surface area (TPSA) is 38.5 Å². The van der Waals surface area contributed by atoms with Gasteiger partial charge in [-0.2, -0.15) is 0 Å². The molecule has 3 nitrogen and oxygen atoms in total. The van der Waals surface area contributed by atoms with Gasteiger partial charge in [0.05, 0.1) is 6.61 Å². The predicted octanol–water partition coefficient (Wildman–Crippen LogP) is 2.50. The first-order valence-electron chi connectivity index (χ1n) is 7.42. The van der Waals surface area contributed by atoms with E-state index in [1.165, 1.54) is 32.4 Å². The van der Waals surface area contributed by atoms with Gasteiger partial charge in [-0.1, -0.05) is 20.8 Å². The standard InChI is InChI=1S/C15H32N2O/c1-15(2,3)13-7-10-17(11-8-13)14(12-18-4)6-5-9-16/h13-14H,5-12,16H2,1-4H3. The van der Waals surface area contributed by atoms with E-state index >= 15 is 0 Å². The third kappa shape index (κ3) is 4.87. The van der Waals surface area contributed by atoms with Crippen LogP contribution in [0.25, 0.3) is 0 Å². The molecule has 0 aromatic rings. The van der Waals surface area contributed by atoms with Crippen LogP contribution in [0.4, 0.5) is 0 Å². The first-order chi connectivity index (χ1) is 8.49. The van der Waals surface area contributed by atoms with Crippen LogP contribution in [0, 0.1) is 11.3 Å². The second kappa shape index (κ2) is 7.46. The summed E-state index contributed by atoms with van der Waals surface area (Å²) in [5.41, 5.74) is 6.08. The van der Waals surface area contributed by atoms with Gasteiger partial charge in [0.2, 0.25) is 0 Å². The van der Waals surface area contributed by atoms with E-state index in [9.17, 15) is 0 Å². The predicted molar refractivity (Wildman–Crippen MR) is 77.7 cm³/mol. The van der Waals surface area contributed by atoms with Crippen molar-refractivity contribution in [2.45, 2.75) is 52.5 Å². The first-order valence-corrected chi connectivity index (χ1v) is 7.42. The molecule has 108 valence electrons. The lowest BCUT2D eigenvalue weighted by molar-refractivity contribution is 0.0396. The van der Waals surface area contributed by atoms with E-state index in [0.717, 1.165) is 25.5 Å². The Labute approximate surface area is 113 Å². The number of piperidine rings is 1. The Balaban J connectivity index is 2.43. The molecule has 0 saturated carbocycles. The molecule has 1 fully saturated rings. The van der Waals surface area contributed by atoms with Crippen molar-refractivity contribution in [1.82, 2.24) is 4.90 Å². The van der Waals surface area contributed by atoms with E-state index in [0.29, 0.717) is 11.5 Å². The van der Waals surface area contributed by atoms with Crippen molar-refractivity contribution in [1.29, 1.82) is 0 Å². The van der Waals surface area contributed by atoms with Gasteiger partial charge in [-0.05, 0) is 56.7 Å². The average Bonchev–Trinajstić information content (AvgIpc) is 2.33. The highest BCUT2D eigenvalue weighted by Gasteiger charge is 2.30. The summed E-state index contributed by atoms with van der Waals surface area (Å²) < 4.78 is 5.37. The fourth-order valence-corrected chi connectivity index (χ4v) is 3.05. The Morgan fingerprint density at radius 2 is 1.89 bits per heavy atom. The Hall–Kier alpha value is -0.120. The van der Waals surface area contributed by atoms with E-state index in [1.807, 2.05) is 0 Å². The van der Waals surface area contributed by atoms with Gasteiger partial charge in [0.25, 0.3) is 0 Å². The summed E-state index contributed by atoms with van der Waals surface area (Å²) in [6.07, 6.45) is 4.93. The summed E-state index contributed by atoms with van der Waals surface area (Å²) in [6.45, 7) is 11.2. The molecule has 0 bridgehead atoms. The molecule has 18 heavy (non-hydrogen) atoms. The largest absolute Gasteiger partial charge is 0.383 e. The van der Waals surface area contributed by atoms with Crippen molar-refractivity contribution in [2.75, 3.05) is 33.4 Å². The van der Waals surface area contributed by atoms with E-state index in [4.69, 9.17) is 10.5 Å². The van der Waals surface area contributed by atoms with E-state index in [2.05, 4.69) is 25.7 Å². The van der Waals surface area contributed by atoms with Crippen LogP contribution < -0.4 is 5.73 Å². The molecule has 1 aliphatic rings. The van der Waals surface area contributed by atoms with Gasteiger partial charge < -0.3 is 10.5 Å². The zero-order chi connectivity index (χ0) is 13.6. The molecule has 1 saturated heterocycles. The third-order valence-corrected chi connectivity index (χ3v) is 4.37. The lowest BCUT2D eigenvalue weighted by Gasteiger charge is -2.41. The normalized spacial score (nSPS) is 21.2. The van der Waals surface area contributed by atoms with Crippen LogP contribution in [-0.2, 0) is 4.74 Å². The van der Waals surface area contributed by atoms with Gasteiger partial charge in [-0.25, -0.2) is 0 Å². The molecule has 0 spiro atoms. The summed E-state index contributed by atoms with van der Waals surface area (Å²) in [5, 5.41) is 0. The van der Waals surface area contributed by atoms with Gasteiger partial charge in [-0.3, -0.25) is 4.90 Å². The van der Waals surface area contributed by atoms with Crippen molar-refractivity contribution >= 4 is 0 Å². The van der Waals surface area contributed by atoms with E-state index in [-0.39, 0.29) is 0 Å². The van der Waals surface area contributed by atoms with Gasteiger partial charge in [-0.15, -0.1) is 0 Å². The molecule has 1 unspecified atom stereocenters. The minimum atomic E-state index is 0.458. The summed E-state index contributed by atoms with van der Waals surface area (Å²) in [6, 6.07) is 0.569. The zero-order valence-corrected chi connectivity index (χ0v) is 12.7. The molecule has 0 aromatic carbocycles. The Kier molecular flexibility index (Phi) is 6.61. The number of methoxy groups -OCH3 is 1. The number of nitrogens with two attached hydrogens (primary N) is 1. The molecule has 1 aliphatic heterocycles. The molecular weight excluding hydrogens is 224 g/mol. The van der Waals surface area contributed by atoms with E-state index in [1.54, 1.807) is 7.11 Å². The van der Waals surface area contributed by atoms with Crippen molar-refractivity contribution in [3.8, 4) is 0 Å². The summed E-state index contributed by atoms with van der Waals surface area (Å²) in [7, 11) is 1.80. The van der Waals surface area contributed by atoms with Crippen molar-refractivity contribution in [3.63, 3.8) is 0 Å². The highest BCUT2D eigenvalue weighted by molar-refractivity contribution is 4.83. The van der Waals surface area contributed by atoms with Crippen LogP contribution in [0.2, 0.25) is 0 Å². The highest BCUT2D eigenvalue weighted by Crippen LogP contribution is 2.34. The molecule has 0 aliphatic carbocycles. The fraction of sp³-hybridized carbons (Fsp3) is 1.00. The summed E-state index contributed by atoms with van der Waals surface area (Å²) >= 11 is 0. The minimum Gasteiger partial charge on any atom is -0.383 e. The number of ether oxygens (including phenoxy) is 1. The first kappa shape index (κ1) is 15.9. The van der Waals surface area contributed by atoms with Crippen molar-refractivity contribution in [2.24, 2.45) is 17.1 Å². The molecule has 1 rings (SSSR count). The second-order valence-electron chi connectivity index (χ2n) is 6.72. The maximum atomic E-state index is 5.62. The molecule has 0 amide bonds. The van der Waals surface area contributed by atoms with Gasteiger partial charge in [0.15, 0.2) is 0 Å². The minimum absolute atomic E-state index is 0.458.